The Balaban J connectivity index is 2.09. The second-order valence-electron chi connectivity index (χ2n) is 6.26. The highest BCUT2D eigenvalue weighted by Gasteiger charge is 2.35. The summed E-state index contributed by atoms with van der Waals surface area (Å²) in [5.41, 5.74) is 0. The van der Waals surface area contributed by atoms with Gasteiger partial charge in [-0.3, -0.25) is 0 Å². The quantitative estimate of drug-likeness (QED) is 0.694. The predicted octanol–water partition coefficient (Wildman–Crippen LogP) is 4.49. The number of nitrogens with zero attached hydrogens (tertiary/aromatic N) is 1. The van der Waals surface area contributed by atoms with Crippen LogP contribution in [0.3, 0.4) is 0 Å². The third kappa shape index (κ3) is 3.58. The topological polar surface area (TPSA) is 20.3 Å². The molecule has 2 fully saturated rings. The van der Waals surface area contributed by atoms with Gasteiger partial charge in [-0.15, -0.1) is 0 Å². The predicted molar refractivity (Wildman–Crippen MR) is 75.0 cm³/mol. The molecule has 3 heteroatoms. The van der Waals surface area contributed by atoms with Gasteiger partial charge in [-0.05, 0) is 25.7 Å². The molecule has 100 valence electrons. The van der Waals surface area contributed by atoms with E-state index in [0.29, 0.717) is 12.1 Å². The SMILES string of the molecule is CP(C)(=O)N(C1CCCCC1)C1CCCCC1. The van der Waals surface area contributed by atoms with Crippen LogP contribution in [0.1, 0.15) is 64.2 Å². The van der Waals surface area contributed by atoms with Gasteiger partial charge in [0.05, 0.1) is 0 Å². The molecule has 0 atom stereocenters. The van der Waals surface area contributed by atoms with Crippen LogP contribution in [0.4, 0.5) is 0 Å². The molecule has 2 saturated carbocycles. The van der Waals surface area contributed by atoms with Crippen LogP contribution in [0.2, 0.25) is 0 Å². The van der Waals surface area contributed by atoms with Crippen molar-refractivity contribution in [3.05, 3.63) is 0 Å². The normalized spacial score (nSPS) is 25.4. The van der Waals surface area contributed by atoms with Crippen LogP contribution in [-0.2, 0) is 4.57 Å². The van der Waals surface area contributed by atoms with Crippen molar-refractivity contribution < 1.29 is 4.57 Å². The lowest BCUT2D eigenvalue weighted by Gasteiger charge is -2.43. The standard InChI is InChI=1S/C14H28NOP/c1-17(2,16)15(13-9-5-3-6-10-13)14-11-7-4-8-12-14/h13-14H,3-12H2,1-2H3. The van der Waals surface area contributed by atoms with Gasteiger partial charge in [0, 0.05) is 25.4 Å². The van der Waals surface area contributed by atoms with Crippen molar-refractivity contribution in [1.29, 1.82) is 0 Å². The summed E-state index contributed by atoms with van der Waals surface area (Å²) >= 11 is 0. The van der Waals surface area contributed by atoms with E-state index in [-0.39, 0.29) is 0 Å². The zero-order valence-corrected chi connectivity index (χ0v) is 12.4. The third-order valence-corrected chi connectivity index (χ3v) is 6.22. The summed E-state index contributed by atoms with van der Waals surface area (Å²) < 4.78 is 15.1. The summed E-state index contributed by atoms with van der Waals surface area (Å²) in [5, 5.41) is 0. The smallest absolute Gasteiger partial charge is 0.144 e. The maximum atomic E-state index is 12.6. The van der Waals surface area contributed by atoms with Crippen LogP contribution in [0.25, 0.3) is 0 Å². The monoisotopic (exact) mass is 257 g/mol. The lowest BCUT2D eigenvalue weighted by molar-refractivity contribution is 0.169. The Morgan fingerprint density at radius 1 is 0.765 bits per heavy atom. The van der Waals surface area contributed by atoms with Gasteiger partial charge in [-0.25, -0.2) is 4.67 Å². The zero-order chi connectivity index (χ0) is 12.3. The minimum atomic E-state index is -2.08. The summed E-state index contributed by atoms with van der Waals surface area (Å²) in [6.45, 7) is 3.96. The van der Waals surface area contributed by atoms with Gasteiger partial charge in [0.1, 0.15) is 7.29 Å². The van der Waals surface area contributed by atoms with Crippen molar-refractivity contribution >= 4 is 7.29 Å². The van der Waals surface area contributed by atoms with Crippen molar-refractivity contribution in [2.24, 2.45) is 0 Å². The Kier molecular flexibility index (Phi) is 4.72. The lowest BCUT2D eigenvalue weighted by atomic mass is 9.91. The molecule has 0 unspecified atom stereocenters. The molecule has 17 heavy (non-hydrogen) atoms. The molecule has 2 rings (SSSR count). The van der Waals surface area contributed by atoms with E-state index < -0.39 is 7.29 Å². The van der Waals surface area contributed by atoms with Crippen LogP contribution in [0.5, 0.6) is 0 Å². The second kappa shape index (κ2) is 5.89. The van der Waals surface area contributed by atoms with Crippen molar-refractivity contribution in [1.82, 2.24) is 4.67 Å². The number of hydrogen-bond donors (Lipinski definition) is 0. The fraction of sp³-hybridized carbons (Fsp3) is 1.00. The number of rotatable bonds is 3. The second-order valence-corrected chi connectivity index (χ2v) is 9.31. The highest BCUT2D eigenvalue weighted by Crippen LogP contribution is 2.49. The van der Waals surface area contributed by atoms with E-state index in [2.05, 4.69) is 4.67 Å². The van der Waals surface area contributed by atoms with Crippen LogP contribution >= 0.6 is 7.29 Å². The molecule has 0 heterocycles. The molecular weight excluding hydrogens is 229 g/mol. The van der Waals surface area contributed by atoms with Gasteiger partial charge in [-0.1, -0.05) is 38.5 Å². The summed E-state index contributed by atoms with van der Waals surface area (Å²) in [4.78, 5) is 0. The molecule has 2 nitrogen and oxygen atoms in total. The maximum Gasteiger partial charge on any atom is 0.144 e. The van der Waals surface area contributed by atoms with Gasteiger partial charge in [0.25, 0.3) is 0 Å². The fourth-order valence-electron chi connectivity index (χ4n) is 3.78. The van der Waals surface area contributed by atoms with E-state index in [1.165, 1.54) is 64.2 Å². The molecule has 0 saturated heterocycles. The molecule has 2 aliphatic rings. The van der Waals surface area contributed by atoms with Crippen LogP contribution in [-0.4, -0.2) is 30.1 Å². The van der Waals surface area contributed by atoms with E-state index in [4.69, 9.17) is 0 Å². The number of hydrogen-bond acceptors (Lipinski definition) is 1. The summed E-state index contributed by atoms with van der Waals surface area (Å²) in [7, 11) is -2.08. The highest BCUT2D eigenvalue weighted by molar-refractivity contribution is 7.59. The van der Waals surface area contributed by atoms with Gasteiger partial charge in [-0.2, -0.15) is 0 Å². The Hall–Kier alpha value is 0.190. The van der Waals surface area contributed by atoms with Gasteiger partial charge < -0.3 is 4.57 Å². The molecule has 0 bridgehead atoms. The van der Waals surface area contributed by atoms with Crippen LogP contribution in [0, 0.1) is 0 Å². The highest BCUT2D eigenvalue weighted by atomic mass is 31.2. The molecular formula is C14H28NOP. The van der Waals surface area contributed by atoms with E-state index >= 15 is 0 Å². The van der Waals surface area contributed by atoms with Gasteiger partial charge >= 0.3 is 0 Å². The molecule has 0 aliphatic heterocycles. The Morgan fingerprint density at radius 3 is 1.41 bits per heavy atom. The van der Waals surface area contributed by atoms with Crippen molar-refractivity contribution in [2.45, 2.75) is 76.3 Å². The first-order valence-electron chi connectivity index (χ1n) is 7.43. The van der Waals surface area contributed by atoms with Crippen molar-refractivity contribution in [2.75, 3.05) is 13.3 Å². The Labute approximate surface area is 107 Å². The minimum absolute atomic E-state index is 0.618. The van der Waals surface area contributed by atoms with Crippen molar-refractivity contribution in [3.63, 3.8) is 0 Å². The van der Waals surface area contributed by atoms with Crippen molar-refractivity contribution in [3.8, 4) is 0 Å². The summed E-state index contributed by atoms with van der Waals surface area (Å²) in [6.07, 6.45) is 13.2. The first-order valence-corrected chi connectivity index (χ1v) is 9.98. The van der Waals surface area contributed by atoms with Crippen LogP contribution in [0.15, 0.2) is 0 Å². The third-order valence-electron chi connectivity index (χ3n) is 4.45. The average Bonchev–Trinajstić information content (AvgIpc) is 2.30. The molecule has 0 N–H and O–H groups in total. The van der Waals surface area contributed by atoms with E-state index in [1.54, 1.807) is 0 Å². The van der Waals surface area contributed by atoms with Gasteiger partial charge in [0.2, 0.25) is 0 Å². The molecule has 2 aliphatic carbocycles. The van der Waals surface area contributed by atoms with E-state index in [9.17, 15) is 4.57 Å². The summed E-state index contributed by atoms with van der Waals surface area (Å²) in [6, 6.07) is 1.24. The molecule has 0 aromatic carbocycles. The molecule has 0 radical (unpaired) electrons. The first-order chi connectivity index (χ1) is 8.09. The van der Waals surface area contributed by atoms with Gasteiger partial charge in [0.15, 0.2) is 0 Å². The largest absolute Gasteiger partial charge is 0.307 e. The fourth-order valence-corrected chi connectivity index (χ4v) is 5.81. The summed E-state index contributed by atoms with van der Waals surface area (Å²) in [5.74, 6) is 0. The average molecular weight is 257 g/mol. The van der Waals surface area contributed by atoms with Crippen LogP contribution < -0.4 is 0 Å². The van der Waals surface area contributed by atoms with E-state index in [1.807, 2.05) is 13.3 Å². The molecule has 0 amide bonds. The Bertz CT molecular complexity index is 256. The lowest BCUT2D eigenvalue weighted by Crippen LogP contribution is -2.42. The minimum Gasteiger partial charge on any atom is -0.307 e. The van der Waals surface area contributed by atoms with E-state index in [0.717, 1.165) is 0 Å². The molecule has 0 aromatic rings. The molecule has 0 aromatic heterocycles. The maximum absolute atomic E-state index is 12.6. The zero-order valence-electron chi connectivity index (χ0n) is 11.5. The first kappa shape index (κ1) is 13.6. The molecule has 0 spiro atoms. The Morgan fingerprint density at radius 2 is 1.12 bits per heavy atom.